The van der Waals surface area contributed by atoms with Gasteiger partial charge >= 0.3 is 0 Å². The third-order valence-electron chi connectivity index (χ3n) is 5.34. The van der Waals surface area contributed by atoms with E-state index in [9.17, 15) is 19.5 Å². The van der Waals surface area contributed by atoms with Crippen molar-refractivity contribution >= 4 is 40.6 Å². The number of rotatable bonds is 5. The Kier molecular flexibility index (Phi) is 6.11. The molecule has 0 bridgehead atoms. The van der Waals surface area contributed by atoms with Gasteiger partial charge in [0.25, 0.3) is 11.1 Å². The van der Waals surface area contributed by atoms with Crippen LogP contribution in [-0.2, 0) is 9.59 Å². The second-order valence-corrected chi connectivity index (χ2v) is 8.86. The number of amides is 3. The minimum absolute atomic E-state index is 0.182. The Morgan fingerprint density at radius 2 is 1.79 bits per heavy atom. The van der Waals surface area contributed by atoms with Gasteiger partial charge in [-0.05, 0) is 92.2 Å². The first kappa shape index (κ1) is 22.4. The number of thioether (sulfide) groups is 1. The summed E-state index contributed by atoms with van der Waals surface area (Å²) in [6, 6.07) is 16.1. The summed E-state index contributed by atoms with van der Waals surface area (Å²) in [5.41, 5.74) is 5.12. The maximum atomic E-state index is 12.9. The van der Waals surface area contributed by atoms with Crippen LogP contribution in [0.1, 0.15) is 22.5 Å². The smallest absolute Gasteiger partial charge is 0.294 e. The second-order valence-electron chi connectivity index (χ2n) is 7.86. The SMILES string of the molecule is Cc1cccc(NC(=O)CN2C(=O)S/C(=C\c3cc(C)n(-c4ccc(O)cc4)c3C)C2=O)c1. The van der Waals surface area contributed by atoms with E-state index in [1.807, 2.05) is 49.6 Å². The summed E-state index contributed by atoms with van der Waals surface area (Å²) in [7, 11) is 0. The van der Waals surface area contributed by atoms with Crippen molar-refractivity contribution in [1.29, 1.82) is 0 Å². The van der Waals surface area contributed by atoms with Crippen molar-refractivity contribution in [3.63, 3.8) is 0 Å². The van der Waals surface area contributed by atoms with E-state index in [2.05, 4.69) is 5.32 Å². The molecule has 2 N–H and O–H groups in total. The third-order valence-corrected chi connectivity index (χ3v) is 6.25. The van der Waals surface area contributed by atoms with Crippen molar-refractivity contribution in [3.8, 4) is 11.4 Å². The molecular weight excluding hydrogens is 438 g/mol. The van der Waals surface area contributed by atoms with Crippen molar-refractivity contribution in [2.45, 2.75) is 20.8 Å². The van der Waals surface area contributed by atoms with Crippen LogP contribution in [0.2, 0.25) is 0 Å². The Balaban J connectivity index is 1.53. The number of aromatic nitrogens is 1. The predicted octanol–water partition coefficient (Wildman–Crippen LogP) is 4.78. The zero-order chi connectivity index (χ0) is 23.7. The van der Waals surface area contributed by atoms with Crippen LogP contribution in [0.15, 0.2) is 59.5 Å². The number of nitrogens with one attached hydrogen (secondary N) is 1. The molecule has 8 heteroatoms. The monoisotopic (exact) mass is 461 g/mol. The first-order valence-corrected chi connectivity index (χ1v) is 11.1. The van der Waals surface area contributed by atoms with Gasteiger partial charge in [-0.15, -0.1) is 0 Å². The van der Waals surface area contributed by atoms with Crippen LogP contribution in [0.25, 0.3) is 11.8 Å². The van der Waals surface area contributed by atoms with E-state index in [0.29, 0.717) is 5.69 Å². The average molecular weight is 462 g/mol. The topological polar surface area (TPSA) is 91.6 Å². The highest BCUT2D eigenvalue weighted by Gasteiger charge is 2.36. The molecule has 0 spiro atoms. The summed E-state index contributed by atoms with van der Waals surface area (Å²) < 4.78 is 2.00. The highest BCUT2D eigenvalue weighted by Crippen LogP contribution is 2.34. The molecule has 1 aliphatic heterocycles. The zero-order valence-corrected chi connectivity index (χ0v) is 19.3. The molecule has 2 aromatic carbocycles. The van der Waals surface area contributed by atoms with Crippen LogP contribution < -0.4 is 5.32 Å². The number of carbonyl (C=O) groups is 3. The number of phenolic OH excluding ortho intramolecular Hbond substituents is 1. The number of hydrogen-bond acceptors (Lipinski definition) is 5. The highest BCUT2D eigenvalue weighted by molar-refractivity contribution is 8.18. The molecule has 0 saturated carbocycles. The van der Waals surface area contributed by atoms with E-state index in [0.717, 1.165) is 44.9 Å². The minimum atomic E-state index is -0.487. The first-order chi connectivity index (χ1) is 15.7. The molecule has 33 heavy (non-hydrogen) atoms. The summed E-state index contributed by atoms with van der Waals surface area (Å²) >= 11 is 0.825. The Labute approximate surface area is 195 Å². The molecule has 0 aliphatic carbocycles. The van der Waals surface area contributed by atoms with E-state index >= 15 is 0 Å². The minimum Gasteiger partial charge on any atom is -0.508 e. The van der Waals surface area contributed by atoms with Gasteiger partial charge in [-0.25, -0.2) is 0 Å². The van der Waals surface area contributed by atoms with Crippen LogP contribution in [0.3, 0.4) is 0 Å². The molecular formula is C25H23N3O4S. The van der Waals surface area contributed by atoms with Gasteiger partial charge in [-0.1, -0.05) is 12.1 Å². The van der Waals surface area contributed by atoms with Gasteiger partial charge in [0.1, 0.15) is 12.3 Å². The van der Waals surface area contributed by atoms with Crippen LogP contribution >= 0.6 is 11.8 Å². The largest absolute Gasteiger partial charge is 0.508 e. The molecule has 0 unspecified atom stereocenters. The van der Waals surface area contributed by atoms with Crippen molar-refractivity contribution in [2.24, 2.45) is 0 Å². The lowest BCUT2D eigenvalue weighted by Gasteiger charge is -2.12. The molecule has 3 aromatic rings. The second kappa shape index (κ2) is 8.99. The van der Waals surface area contributed by atoms with Crippen LogP contribution in [0.4, 0.5) is 10.5 Å². The van der Waals surface area contributed by atoms with Crippen LogP contribution in [-0.4, -0.2) is 38.2 Å². The fourth-order valence-electron chi connectivity index (χ4n) is 3.78. The van der Waals surface area contributed by atoms with Gasteiger partial charge in [-0.3, -0.25) is 19.3 Å². The van der Waals surface area contributed by atoms with Gasteiger partial charge in [-0.2, -0.15) is 0 Å². The molecule has 0 radical (unpaired) electrons. The lowest BCUT2D eigenvalue weighted by molar-refractivity contribution is -0.127. The van der Waals surface area contributed by atoms with E-state index in [1.165, 1.54) is 0 Å². The highest BCUT2D eigenvalue weighted by atomic mass is 32.2. The number of aryl methyl sites for hydroxylation is 2. The van der Waals surface area contributed by atoms with Gasteiger partial charge in [0.15, 0.2) is 0 Å². The number of anilines is 1. The number of imide groups is 1. The van der Waals surface area contributed by atoms with Crippen molar-refractivity contribution in [2.75, 3.05) is 11.9 Å². The lowest BCUT2D eigenvalue weighted by atomic mass is 10.2. The van der Waals surface area contributed by atoms with E-state index in [4.69, 9.17) is 0 Å². The molecule has 1 aliphatic rings. The summed E-state index contributed by atoms with van der Waals surface area (Å²) in [6.45, 7) is 5.43. The maximum absolute atomic E-state index is 12.9. The van der Waals surface area contributed by atoms with Gasteiger partial charge < -0.3 is 15.0 Å². The Bertz CT molecular complexity index is 1290. The summed E-state index contributed by atoms with van der Waals surface area (Å²) in [5, 5.41) is 11.8. The number of nitrogens with zero attached hydrogens (tertiary/aromatic N) is 2. The fraction of sp³-hybridized carbons (Fsp3) is 0.160. The third kappa shape index (κ3) is 4.70. The molecule has 0 atom stereocenters. The van der Waals surface area contributed by atoms with Gasteiger partial charge in [0, 0.05) is 22.8 Å². The molecule has 2 heterocycles. The summed E-state index contributed by atoms with van der Waals surface area (Å²) in [5.74, 6) is -0.741. The standard InChI is InChI=1S/C25H23N3O4S/c1-15-5-4-6-19(11-15)26-23(30)14-27-24(31)22(33-25(27)32)13-18-12-16(2)28(17(18)3)20-7-9-21(29)10-8-20/h4-13,29H,14H2,1-3H3,(H,26,30)/b22-13-. The Morgan fingerprint density at radius 1 is 1.06 bits per heavy atom. The van der Waals surface area contributed by atoms with Crippen molar-refractivity contribution < 1.29 is 19.5 Å². The first-order valence-electron chi connectivity index (χ1n) is 10.3. The lowest BCUT2D eigenvalue weighted by Crippen LogP contribution is -2.36. The molecule has 1 saturated heterocycles. The molecule has 7 nitrogen and oxygen atoms in total. The molecule has 3 amide bonds. The van der Waals surface area contributed by atoms with Gasteiger partial charge in [0.2, 0.25) is 5.91 Å². The number of hydrogen-bond donors (Lipinski definition) is 2. The number of phenols is 1. The predicted molar refractivity (Wildman–Crippen MR) is 129 cm³/mol. The number of aromatic hydroxyl groups is 1. The van der Waals surface area contributed by atoms with Crippen LogP contribution in [0.5, 0.6) is 5.75 Å². The van der Waals surface area contributed by atoms with E-state index < -0.39 is 17.1 Å². The average Bonchev–Trinajstić information content (AvgIpc) is 3.18. The van der Waals surface area contributed by atoms with Gasteiger partial charge in [0.05, 0.1) is 4.91 Å². The number of carbonyl (C=O) groups excluding carboxylic acids is 3. The quantitative estimate of drug-likeness (QED) is 0.534. The summed E-state index contributed by atoms with van der Waals surface area (Å²) in [6.07, 6.45) is 1.68. The Morgan fingerprint density at radius 3 is 2.48 bits per heavy atom. The van der Waals surface area contributed by atoms with Crippen molar-refractivity contribution in [3.05, 3.63) is 82.0 Å². The molecule has 4 rings (SSSR count). The molecule has 1 aromatic heterocycles. The molecule has 168 valence electrons. The maximum Gasteiger partial charge on any atom is 0.294 e. The zero-order valence-electron chi connectivity index (χ0n) is 18.5. The van der Waals surface area contributed by atoms with Crippen molar-refractivity contribution in [1.82, 2.24) is 9.47 Å². The number of benzene rings is 2. The molecule has 1 fully saturated rings. The van der Waals surface area contributed by atoms with E-state index in [1.54, 1.807) is 36.4 Å². The Hall–Kier alpha value is -3.78. The van der Waals surface area contributed by atoms with Crippen LogP contribution in [0, 0.1) is 20.8 Å². The summed E-state index contributed by atoms with van der Waals surface area (Å²) in [4.78, 5) is 39.0. The fourth-order valence-corrected chi connectivity index (χ4v) is 4.61. The van der Waals surface area contributed by atoms with E-state index in [-0.39, 0.29) is 17.2 Å². The normalized spacial score (nSPS) is 14.9.